The van der Waals surface area contributed by atoms with E-state index in [9.17, 15) is 9.18 Å². The molecule has 1 aliphatic heterocycles. The van der Waals surface area contributed by atoms with Crippen molar-refractivity contribution in [3.63, 3.8) is 0 Å². The van der Waals surface area contributed by atoms with Gasteiger partial charge in [0.25, 0.3) is 5.56 Å². The highest BCUT2D eigenvalue weighted by molar-refractivity contribution is 6.35. The molecule has 35 heavy (non-hydrogen) atoms. The molecule has 0 bridgehead atoms. The number of rotatable bonds is 6. The lowest BCUT2D eigenvalue weighted by atomic mass is 9.56. The molecule has 1 saturated carbocycles. The topological polar surface area (TPSA) is 68.3 Å². The number of pyridine rings is 1. The Bertz CT molecular complexity index is 1480. The Kier molecular flexibility index (Phi) is 5.41. The Hall–Kier alpha value is -2.84. The third kappa shape index (κ3) is 4.02. The quantitative estimate of drug-likeness (QED) is 0.406. The first-order chi connectivity index (χ1) is 16.8. The van der Waals surface area contributed by atoms with Crippen LogP contribution in [-0.2, 0) is 19.9 Å². The molecule has 0 N–H and O–H groups in total. The molecule has 1 spiro atoms. The zero-order valence-electron chi connectivity index (χ0n) is 19.9. The number of likely N-dealkylation sites (tertiary alicyclic amines) is 1. The van der Waals surface area contributed by atoms with Gasteiger partial charge >= 0.3 is 0 Å². The van der Waals surface area contributed by atoms with Crippen molar-refractivity contribution in [3.05, 3.63) is 69.2 Å². The minimum atomic E-state index is -0.200. The minimum absolute atomic E-state index is 0.149. The molecule has 1 aliphatic carbocycles. The third-order valence-corrected chi connectivity index (χ3v) is 8.14. The maximum absolute atomic E-state index is 14.4. The summed E-state index contributed by atoms with van der Waals surface area (Å²) < 4.78 is 17.4. The summed E-state index contributed by atoms with van der Waals surface area (Å²) in [6, 6.07) is 5.69. The third-order valence-electron chi connectivity index (χ3n) is 7.82. The molecule has 7 nitrogen and oxygen atoms in total. The maximum Gasteiger partial charge on any atom is 0.275 e. The van der Waals surface area contributed by atoms with E-state index in [-0.39, 0.29) is 11.4 Å². The van der Waals surface area contributed by atoms with Gasteiger partial charge in [0.15, 0.2) is 5.65 Å². The number of benzene rings is 1. The molecule has 1 aromatic carbocycles. The summed E-state index contributed by atoms with van der Waals surface area (Å²) in [7, 11) is 1.65. The highest BCUT2D eigenvalue weighted by atomic mass is 35.5. The molecule has 6 rings (SSSR count). The van der Waals surface area contributed by atoms with Crippen LogP contribution in [0.5, 0.6) is 0 Å². The highest BCUT2D eigenvalue weighted by Crippen LogP contribution is 2.53. The van der Waals surface area contributed by atoms with E-state index in [4.69, 9.17) is 11.6 Å². The SMILES string of the molecule is CC(Cc1cc2nncn2cc1F)CN1CC2(CC(Cc3ccc(Cl)c4c(=O)n(C)ncc34)C2)C1. The van der Waals surface area contributed by atoms with Crippen LogP contribution < -0.4 is 5.56 Å². The minimum Gasteiger partial charge on any atom is -0.302 e. The van der Waals surface area contributed by atoms with Crippen LogP contribution >= 0.6 is 11.6 Å². The number of fused-ring (bicyclic) bond motifs is 2. The van der Waals surface area contributed by atoms with Crippen molar-refractivity contribution < 1.29 is 4.39 Å². The second kappa shape index (κ2) is 8.38. The number of aryl methyl sites for hydroxylation is 1. The molecule has 2 fully saturated rings. The molecule has 1 saturated heterocycles. The predicted molar refractivity (Wildman–Crippen MR) is 133 cm³/mol. The van der Waals surface area contributed by atoms with Crippen LogP contribution in [0.25, 0.3) is 16.4 Å². The molecule has 3 aromatic heterocycles. The Morgan fingerprint density at radius 1 is 1.26 bits per heavy atom. The number of halogens is 2. The highest BCUT2D eigenvalue weighted by Gasteiger charge is 2.51. The van der Waals surface area contributed by atoms with Crippen LogP contribution in [-0.4, -0.2) is 48.9 Å². The van der Waals surface area contributed by atoms with Gasteiger partial charge in [0.1, 0.15) is 12.1 Å². The Morgan fingerprint density at radius 2 is 2.06 bits per heavy atom. The fourth-order valence-corrected chi connectivity index (χ4v) is 6.61. The predicted octanol–water partition coefficient (Wildman–Crippen LogP) is 3.90. The van der Waals surface area contributed by atoms with E-state index >= 15 is 0 Å². The lowest BCUT2D eigenvalue weighted by Crippen LogP contribution is -2.63. The number of hydrogen-bond donors (Lipinski definition) is 0. The Labute approximate surface area is 207 Å². The van der Waals surface area contributed by atoms with Crippen molar-refractivity contribution in [1.82, 2.24) is 29.3 Å². The first-order valence-corrected chi connectivity index (χ1v) is 12.5. The monoisotopic (exact) mass is 494 g/mol. The summed E-state index contributed by atoms with van der Waals surface area (Å²) in [4.78, 5) is 15.0. The smallest absolute Gasteiger partial charge is 0.275 e. The molecule has 0 amide bonds. The molecule has 4 heterocycles. The molecular weight excluding hydrogens is 467 g/mol. The van der Waals surface area contributed by atoms with Gasteiger partial charge in [0.2, 0.25) is 0 Å². The summed E-state index contributed by atoms with van der Waals surface area (Å²) in [6.45, 7) is 5.39. The summed E-state index contributed by atoms with van der Waals surface area (Å²) in [5, 5.41) is 14.0. The van der Waals surface area contributed by atoms with Crippen LogP contribution in [0.15, 0.2) is 41.7 Å². The van der Waals surface area contributed by atoms with Crippen LogP contribution in [0.3, 0.4) is 0 Å². The van der Waals surface area contributed by atoms with E-state index in [2.05, 4.69) is 27.1 Å². The van der Waals surface area contributed by atoms with Gasteiger partial charge < -0.3 is 4.90 Å². The van der Waals surface area contributed by atoms with Crippen molar-refractivity contribution in [3.8, 4) is 0 Å². The molecule has 182 valence electrons. The molecule has 1 atom stereocenters. The van der Waals surface area contributed by atoms with Gasteiger partial charge in [-0.3, -0.25) is 9.20 Å². The lowest BCUT2D eigenvalue weighted by molar-refractivity contribution is -0.0980. The van der Waals surface area contributed by atoms with Gasteiger partial charge in [-0.1, -0.05) is 24.6 Å². The van der Waals surface area contributed by atoms with E-state index in [0.29, 0.717) is 45.3 Å². The average molecular weight is 495 g/mol. The molecule has 2 aliphatic rings. The summed E-state index contributed by atoms with van der Waals surface area (Å²) in [5.74, 6) is 0.777. The fourth-order valence-electron chi connectivity index (χ4n) is 6.37. The van der Waals surface area contributed by atoms with E-state index in [1.54, 1.807) is 23.7 Å². The Morgan fingerprint density at radius 3 is 2.86 bits per heavy atom. The molecule has 1 unspecified atom stereocenters. The summed E-state index contributed by atoms with van der Waals surface area (Å²) in [5.41, 5.74) is 2.82. The second-order valence-electron chi connectivity index (χ2n) is 10.8. The summed E-state index contributed by atoms with van der Waals surface area (Å²) in [6.07, 6.45) is 8.80. The van der Waals surface area contributed by atoms with Gasteiger partial charge in [-0.25, -0.2) is 9.07 Å². The van der Waals surface area contributed by atoms with Crippen molar-refractivity contribution in [2.45, 2.75) is 32.6 Å². The number of hydrogen-bond acceptors (Lipinski definition) is 5. The largest absolute Gasteiger partial charge is 0.302 e. The van der Waals surface area contributed by atoms with Gasteiger partial charge in [0, 0.05) is 38.3 Å². The summed E-state index contributed by atoms with van der Waals surface area (Å²) >= 11 is 6.33. The van der Waals surface area contributed by atoms with E-state index in [0.717, 1.165) is 37.0 Å². The fraction of sp³-hybridized carbons (Fsp3) is 0.462. The number of nitrogens with zero attached hydrogens (tertiary/aromatic N) is 6. The first-order valence-electron chi connectivity index (χ1n) is 12.1. The van der Waals surface area contributed by atoms with Crippen LogP contribution in [0, 0.1) is 23.1 Å². The maximum atomic E-state index is 14.4. The number of aromatic nitrogens is 5. The zero-order valence-corrected chi connectivity index (χ0v) is 20.7. The molecule has 0 radical (unpaired) electrons. The average Bonchev–Trinajstić information content (AvgIpc) is 3.21. The van der Waals surface area contributed by atoms with E-state index in [1.165, 1.54) is 30.0 Å². The van der Waals surface area contributed by atoms with Gasteiger partial charge in [0.05, 0.1) is 16.6 Å². The van der Waals surface area contributed by atoms with Gasteiger partial charge in [-0.05, 0) is 66.2 Å². The molecular formula is C26H28ClFN6O. The molecule has 9 heteroatoms. The standard InChI is InChI=1S/C26H28ClFN6O/c1-16(5-19-7-23-31-29-15-34(23)12-22(19)28)11-33-13-26(14-33)8-17(9-26)6-18-3-4-21(27)24-20(18)10-30-32(2)25(24)35/h3-4,7,10,12,15-17H,5-6,8-9,11,13-14H2,1-2H3. The van der Waals surface area contributed by atoms with Crippen molar-refractivity contribution in [2.75, 3.05) is 19.6 Å². The van der Waals surface area contributed by atoms with Gasteiger partial charge in [-0.15, -0.1) is 10.2 Å². The van der Waals surface area contributed by atoms with Crippen molar-refractivity contribution in [2.24, 2.45) is 24.3 Å². The van der Waals surface area contributed by atoms with Gasteiger partial charge in [-0.2, -0.15) is 5.10 Å². The molecule has 4 aromatic rings. The Balaban J connectivity index is 1.03. The zero-order chi connectivity index (χ0) is 24.3. The van der Waals surface area contributed by atoms with Crippen LogP contribution in [0.2, 0.25) is 5.02 Å². The van der Waals surface area contributed by atoms with Crippen molar-refractivity contribution >= 4 is 28.0 Å². The van der Waals surface area contributed by atoms with Crippen molar-refractivity contribution in [1.29, 1.82) is 0 Å². The second-order valence-corrected chi connectivity index (χ2v) is 11.2. The normalized spacial score (nSPS) is 18.7. The van der Waals surface area contributed by atoms with E-state index < -0.39 is 0 Å². The first kappa shape index (κ1) is 22.6. The van der Waals surface area contributed by atoms with Crippen LogP contribution in [0.4, 0.5) is 4.39 Å². The van der Waals surface area contributed by atoms with Crippen LogP contribution in [0.1, 0.15) is 30.9 Å². The lowest BCUT2D eigenvalue weighted by Gasteiger charge is -2.60. The van der Waals surface area contributed by atoms with E-state index in [1.807, 2.05) is 12.1 Å².